The first-order chi connectivity index (χ1) is 9.60. The number of nitrogens with zero attached hydrogens (tertiary/aromatic N) is 1. The molecule has 2 aliphatic carbocycles. The highest BCUT2D eigenvalue weighted by Crippen LogP contribution is 2.46. The Morgan fingerprint density at radius 2 is 1.75 bits per heavy atom. The minimum atomic E-state index is -0.0751. The average Bonchev–Trinajstić information content (AvgIpc) is 2.38. The maximum absolute atomic E-state index is 11.5. The van der Waals surface area contributed by atoms with Crippen molar-refractivity contribution in [1.82, 2.24) is 0 Å². The van der Waals surface area contributed by atoms with Crippen LogP contribution in [-0.2, 0) is 9.53 Å². The van der Waals surface area contributed by atoms with Crippen molar-refractivity contribution in [1.29, 1.82) is 0 Å². The molecule has 1 saturated heterocycles. The standard InChI is InChI=1S/C17H30NO2/c1-13(19)20-17-14-7-6-8-15(17)16(10-9-14)18(2)11-4-3-5-12-18/h14-17H,3-12H2,1-2H3/q+1/t14-,15+,16-,17+/m1/s1. The highest BCUT2D eigenvalue weighted by Gasteiger charge is 2.50. The summed E-state index contributed by atoms with van der Waals surface area (Å²) in [6, 6.07) is 0.733. The molecule has 1 aliphatic heterocycles. The monoisotopic (exact) mass is 280 g/mol. The minimum absolute atomic E-state index is 0.0751. The highest BCUT2D eigenvalue weighted by molar-refractivity contribution is 5.66. The summed E-state index contributed by atoms with van der Waals surface area (Å²) in [5, 5.41) is 0. The van der Waals surface area contributed by atoms with Crippen molar-refractivity contribution >= 4 is 5.97 Å². The van der Waals surface area contributed by atoms with Crippen LogP contribution in [0.25, 0.3) is 0 Å². The smallest absolute Gasteiger partial charge is 0.302 e. The largest absolute Gasteiger partial charge is 0.462 e. The predicted octanol–water partition coefficient (Wildman–Crippen LogP) is 3.13. The molecule has 2 saturated carbocycles. The van der Waals surface area contributed by atoms with Crippen LogP contribution in [0.3, 0.4) is 0 Å². The van der Waals surface area contributed by atoms with Crippen LogP contribution in [0.1, 0.15) is 58.3 Å². The van der Waals surface area contributed by atoms with E-state index in [9.17, 15) is 4.79 Å². The lowest BCUT2D eigenvalue weighted by molar-refractivity contribution is -0.943. The van der Waals surface area contributed by atoms with Crippen LogP contribution in [0.4, 0.5) is 0 Å². The van der Waals surface area contributed by atoms with Gasteiger partial charge in [0.15, 0.2) is 0 Å². The number of piperidine rings is 1. The van der Waals surface area contributed by atoms with Crippen molar-refractivity contribution in [2.45, 2.75) is 70.4 Å². The Kier molecular flexibility index (Phi) is 4.07. The summed E-state index contributed by atoms with van der Waals surface area (Å²) in [6.07, 6.45) is 10.9. The molecule has 0 amide bonds. The van der Waals surface area contributed by atoms with Crippen LogP contribution in [0, 0.1) is 11.8 Å². The lowest BCUT2D eigenvalue weighted by atomic mass is 9.66. The highest BCUT2D eigenvalue weighted by atomic mass is 16.5. The number of hydrogen-bond donors (Lipinski definition) is 0. The van der Waals surface area contributed by atoms with Crippen molar-refractivity contribution in [3.05, 3.63) is 0 Å². The second-order valence-electron chi connectivity index (χ2n) is 7.56. The van der Waals surface area contributed by atoms with Gasteiger partial charge < -0.3 is 9.22 Å². The minimum Gasteiger partial charge on any atom is -0.462 e. The van der Waals surface area contributed by atoms with Crippen LogP contribution in [0.2, 0.25) is 0 Å². The van der Waals surface area contributed by atoms with Crippen LogP contribution >= 0.6 is 0 Å². The summed E-state index contributed by atoms with van der Waals surface area (Å²) in [5.41, 5.74) is 0. The van der Waals surface area contributed by atoms with Crippen molar-refractivity contribution in [3.63, 3.8) is 0 Å². The molecule has 0 N–H and O–H groups in total. The molecule has 0 aromatic carbocycles. The first-order valence-electron chi connectivity index (χ1n) is 8.61. The Morgan fingerprint density at radius 1 is 1.00 bits per heavy atom. The molecule has 3 rings (SSSR count). The third-order valence-electron chi connectivity index (χ3n) is 6.27. The number of esters is 1. The van der Waals surface area contributed by atoms with Gasteiger partial charge >= 0.3 is 5.97 Å². The number of hydrogen-bond acceptors (Lipinski definition) is 2. The fraction of sp³-hybridized carbons (Fsp3) is 0.941. The van der Waals surface area contributed by atoms with Crippen molar-refractivity contribution < 1.29 is 14.0 Å². The Balaban J connectivity index is 1.79. The normalized spacial score (nSPS) is 40.1. The first kappa shape index (κ1) is 14.4. The molecule has 0 aromatic rings. The quantitative estimate of drug-likeness (QED) is 0.574. The van der Waals surface area contributed by atoms with E-state index in [1.807, 2.05) is 0 Å². The SMILES string of the molecule is CC(=O)O[C@H]1[C@@H]2CCC[C@H]1[C@H]([N+]1(C)CCCCC1)CC2. The summed E-state index contributed by atoms with van der Waals surface area (Å²) >= 11 is 0. The number of quaternary nitrogens is 1. The number of ether oxygens (including phenoxy) is 1. The Hall–Kier alpha value is -0.570. The zero-order valence-corrected chi connectivity index (χ0v) is 13.1. The summed E-state index contributed by atoms with van der Waals surface area (Å²) in [5.74, 6) is 1.19. The summed E-state index contributed by atoms with van der Waals surface area (Å²) in [4.78, 5) is 11.5. The van der Waals surface area contributed by atoms with E-state index in [0.717, 1.165) is 6.04 Å². The van der Waals surface area contributed by atoms with E-state index < -0.39 is 0 Å². The van der Waals surface area contributed by atoms with Crippen molar-refractivity contribution in [2.75, 3.05) is 20.1 Å². The summed E-state index contributed by atoms with van der Waals surface area (Å²) < 4.78 is 7.02. The maximum Gasteiger partial charge on any atom is 0.302 e. The summed E-state index contributed by atoms with van der Waals surface area (Å²) in [6.45, 7) is 4.24. The molecule has 3 heteroatoms. The molecule has 3 nitrogen and oxygen atoms in total. The zero-order valence-electron chi connectivity index (χ0n) is 13.1. The Bertz CT molecular complexity index is 362. The van der Waals surface area contributed by atoms with Gasteiger partial charge in [0.2, 0.25) is 0 Å². The molecule has 0 radical (unpaired) electrons. The number of rotatable bonds is 2. The summed E-state index contributed by atoms with van der Waals surface area (Å²) in [7, 11) is 2.46. The van der Waals surface area contributed by atoms with Gasteiger partial charge in [0.1, 0.15) is 6.10 Å². The van der Waals surface area contributed by atoms with Crippen molar-refractivity contribution in [2.24, 2.45) is 11.8 Å². The molecule has 0 aromatic heterocycles. The Labute approximate surface area is 123 Å². The first-order valence-corrected chi connectivity index (χ1v) is 8.61. The lowest BCUT2D eigenvalue weighted by Crippen LogP contribution is -2.63. The molecule has 4 atom stereocenters. The van der Waals surface area contributed by atoms with E-state index >= 15 is 0 Å². The second-order valence-corrected chi connectivity index (χ2v) is 7.56. The van der Waals surface area contributed by atoms with Gasteiger partial charge in [-0.2, -0.15) is 0 Å². The fourth-order valence-corrected chi connectivity index (χ4v) is 5.33. The molecule has 2 bridgehead atoms. The van der Waals surface area contributed by atoms with E-state index in [1.54, 1.807) is 6.92 Å². The molecule has 0 spiro atoms. The number of carbonyl (C=O) groups excluding carboxylic acids is 1. The third kappa shape index (κ3) is 2.61. The van der Waals surface area contributed by atoms with E-state index in [4.69, 9.17) is 4.74 Å². The predicted molar refractivity (Wildman–Crippen MR) is 79.2 cm³/mol. The molecule has 1 heterocycles. The molecule has 20 heavy (non-hydrogen) atoms. The number of carbonyl (C=O) groups is 1. The van der Waals surface area contributed by atoms with Crippen molar-refractivity contribution in [3.8, 4) is 0 Å². The molecular weight excluding hydrogens is 250 g/mol. The molecule has 114 valence electrons. The zero-order chi connectivity index (χ0) is 14.2. The van der Waals surface area contributed by atoms with E-state index in [0.29, 0.717) is 11.8 Å². The molecule has 3 aliphatic rings. The van der Waals surface area contributed by atoms with Crippen LogP contribution in [-0.4, -0.2) is 42.7 Å². The van der Waals surface area contributed by atoms with Gasteiger partial charge in [0.25, 0.3) is 0 Å². The van der Waals surface area contributed by atoms with Gasteiger partial charge in [-0.15, -0.1) is 0 Å². The second kappa shape index (κ2) is 5.67. The van der Waals surface area contributed by atoms with Gasteiger partial charge in [-0.3, -0.25) is 4.79 Å². The molecule has 3 fully saturated rings. The van der Waals surface area contributed by atoms with Gasteiger partial charge in [0, 0.05) is 19.3 Å². The number of likely N-dealkylation sites (tertiary alicyclic amines) is 1. The Morgan fingerprint density at radius 3 is 2.45 bits per heavy atom. The fourth-order valence-electron chi connectivity index (χ4n) is 5.33. The van der Waals surface area contributed by atoms with Crippen LogP contribution in [0.5, 0.6) is 0 Å². The van der Waals surface area contributed by atoms with Gasteiger partial charge in [-0.05, 0) is 44.4 Å². The van der Waals surface area contributed by atoms with Gasteiger partial charge in [-0.25, -0.2) is 0 Å². The lowest BCUT2D eigenvalue weighted by Gasteiger charge is -2.54. The van der Waals surface area contributed by atoms with Gasteiger partial charge in [0.05, 0.1) is 26.2 Å². The topological polar surface area (TPSA) is 26.3 Å². The molecular formula is C17H30NO2+. The van der Waals surface area contributed by atoms with Crippen LogP contribution in [0.15, 0.2) is 0 Å². The number of fused-ring (bicyclic) bond motifs is 2. The average molecular weight is 280 g/mol. The van der Waals surface area contributed by atoms with Gasteiger partial charge in [-0.1, -0.05) is 6.42 Å². The maximum atomic E-state index is 11.5. The third-order valence-corrected chi connectivity index (χ3v) is 6.27. The van der Waals surface area contributed by atoms with E-state index in [1.165, 1.54) is 68.9 Å². The van der Waals surface area contributed by atoms with E-state index in [2.05, 4.69) is 7.05 Å². The van der Waals surface area contributed by atoms with Crippen LogP contribution < -0.4 is 0 Å². The van der Waals surface area contributed by atoms with E-state index in [-0.39, 0.29) is 12.1 Å². The molecule has 0 unspecified atom stereocenters.